The Kier molecular flexibility index (Phi) is 5.76. The molecule has 0 spiro atoms. The number of carboxylic acids is 1. The van der Waals surface area contributed by atoms with Gasteiger partial charge in [0.1, 0.15) is 5.75 Å². The highest BCUT2D eigenvalue weighted by Crippen LogP contribution is 2.31. The monoisotopic (exact) mass is 440 g/mol. The number of hydrogen-bond acceptors (Lipinski definition) is 4. The number of allylic oxidation sites excluding steroid dienone is 1. The van der Waals surface area contributed by atoms with Crippen LogP contribution in [0.2, 0.25) is 0 Å². The number of imidazole rings is 1. The Morgan fingerprint density at radius 1 is 1.12 bits per heavy atom. The second-order valence-corrected chi connectivity index (χ2v) is 8.13. The van der Waals surface area contributed by atoms with E-state index in [1.807, 2.05) is 52.2 Å². The molecule has 0 radical (unpaired) electrons. The van der Waals surface area contributed by atoms with Crippen LogP contribution in [0.4, 0.5) is 0 Å². The molecule has 5 rings (SSSR count). The predicted molar refractivity (Wildman–Crippen MR) is 124 cm³/mol. The van der Waals surface area contributed by atoms with E-state index in [0.717, 1.165) is 48.2 Å². The maximum atomic E-state index is 10.8. The van der Waals surface area contributed by atoms with E-state index >= 15 is 0 Å². The van der Waals surface area contributed by atoms with E-state index in [2.05, 4.69) is 40.6 Å². The first-order valence-electron chi connectivity index (χ1n) is 10.9. The fourth-order valence-electron chi connectivity index (χ4n) is 4.29. The second-order valence-electron chi connectivity index (χ2n) is 8.13. The Labute approximate surface area is 191 Å². The zero-order chi connectivity index (χ0) is 22.6. The highest BCUT2D eigenvalue weighted by Gasteiger charge is 2.16. The quantitative estimate of drug-likeness (QED) is 0.445. The van der Waals surface area contributed by atoms with Crippen LogP contribution >= 0.6 is 0 Å². The summed E-state index contributed by atoms with van der Waals surface area (Å²) in [6.07, 6.45) is 14.3. The molecule has 0 bridgehead atoms. The van der Waals surface area contributed by atoms with Crippen LogP contribution in [0.15, 0.2) is 79.2 Å². The minimum Gasteiger partial charge on any atom is -0.482 e. The average Bonchev–Trinajstić information content (AvgIpc) is 3.50. The Bertz CT molecular complexity index is 1300. The van der Waals surface area contributed by atoms with Gasteiger partial charge in [-0.1, -0.05) is 36.4 Å². The number of rotatable bonds is 8. The number of aromatic nitrogens is 4. The summed E-state index contributed by atoms with van der Waals surface area (Å²) in [4.78, 5) is 15.0. The van der Waals surface area contributed by atoms with Crippen molar-refractivity contribution in [2.75, 3.05) is 6.61 Å². The molecule has 0 atom stereocenters. The van der Waals surface area contributed by atoms with E-state index < -0.39 is 5.97 Å². The lowest BCUT2D eigenvalue weighted by Crippen LogP contribution is -2.12. The lowest BCUT2D eigenvalue weighted by atomic mass is 9.91. The molecule has 1 aliphatic carbocycles. The van der Waals surface area contributed by atoms with Crippen molar-refractivity contribution in [2.24, 2.45) is 0 Å². The van der Waals surface area contributed by atoms with Gasteiger partial charge in [0, 0.05) is 36.3 Å². The van der Waals surface area contributed by atoms with Gasteiger partial charge in [0.2, 0.25) is 0 Å². The molecule has 33 heavy (non-hydrogen) atoms. The van der Waals surface area contributed by atoms with Gasteiger partial charge in [-0.2, -0.15) is 5.10 Å². The minimum absolute atomic E-state index is 0.326. The highest BCUT2D eigenvalue weighted by molar-refractivity contribution is 5.69. The predicted octanol–water partition coefficient (Wildman–Crippen LogP) is 4.15. The lowest BCUT2D eigenvalue weighted by molar-refractivity contribution is -0.139. The van der Waals surface area contributed by atoms with Crippen LogP contribution in [0.1, 0.15) is 28.7 Å². The number of ether oxygens (including phenoxy) is 1. The van der Waals surface area contributed by atoms with Gasteiger partial charge in [0.15, 0.2) is 6.61 Å². The standard InChI is InChI=1S/C26H24N4O3/c31-26(32)17-33-25-7-3-5-21-12-19(8-9-23(21)25)15-30-16-20(14-28-30)13-22-4-1-2-6-24(22)29-11-10-27-18-29/h1-7,10-12,14,16,18H,8-9,13,15,17H2,(H,31,32). The van der Waals surface area contributed by atoms with Crippen LogP contribution in [0.3, 0.4) is 0 Å². The number of carbonyl (C=O) groups is 1. The highest BCUT2D eigenvalue weighted by atomic mass is 16.5. The molecule has 0 unspecified atom stereocenters. The van der Waals surface area contributed by atoms with Gasteiger partial charge in [-0.3, -0.25) is 4.68 Å². The molecule has 1 aliphatic rings. The van der Waals surface area contributed by atoms with Crippen molar-refractivity contribution in [3.05, 3.63) is 101 Å². The molecule has 0 saturated heterocycles. The number of aliphatic carboxylic acids is 1. The van der Waals surface area contributed by atoms with Gasteiger partial charge >= 0.3 is 5.97 Å². The number of benzene rings is 2. The van der Waals surface area contributed by atoms with Crippen molar-refractivity contribution in [1.29, 1.82) is 0 Å². The van der Waals surface area contributed by atoms with Gasteiger partial charge < -0.3 is 14.4 Å². The number of para-hydroxylation sites is 1. The molecule has 7 nitrogen and oxygen atoms in total. The van der Waals surface area contributed by atoms with Crippen molar-refractivity contribution >= 4 is 12.0 Å². The zero-order valence-electron chi connectivity index (χ0n) is 18.1. The first-order chi connectivity index (χ1) is 16.2. The molecule has 0 saturated carbocycles. The van der Waals surface area contributed by atoms with Crippen LogP contribution in [-0.4, -0.2) is 37.0 Å². The van der Waals surface area contributed by atoms with E-state index in [-0.39, 0.29) is 6.61 Å². The van der Waals surface area contributed by atoms with Crippen LogP contribution in [0, 0.1) is 0 Å². The van der Waals surface area contributed by atoms with Crippen LogP contribution in [0.5, 0.6) is 5.75 Å². The lowest BCUT2D eigenvalue weighted by Gasteiger charge is -2.19. The summed E-state index contributed by atoms with van der Waals surface area (Å²) < 4.78 is 9.47. The Morgan fingerprint density at radius 3 is 2.88 bits per heavy atom. The van der Waals surface area contributed by atoms with Gasteiger partial charge in [-0.15, -0.1) is 0 Å². The average molecular weight is 441 g/mol. The largest absolute Gasteiger partial charge is 0.482 e. The third-order valence-electron chi connectivity index (χ3n) is 5.80. The Balaban J connectivity index is 1.30. The van der Waals surface area contributed by atoms with Gasteiger partial charge in [0.05, 0.1) is 19.1 Å². The molecular weight excluding hydrogens is 416 g/mol. The minimum atomic E-state index is -0.971. The first kappa shape index (κ1) is 20.8. The number of carboxylic acid groups (broad SMARTS) is 1. The van der Waals surface area contributed by atoms with Crippen molar-refractivity contribution in [2.45, 2.75) is 25.8 Å². The molecule has 0 aliphatic heterocycles. The maximum Gasteiger partial charge on any atom is 0.341 e. The van der Waals surface area contributed by atoms with Crippen molar-refractivity contribution in [3.8, 4) is 11.4 Å². The molecule has 1 N–H and O–H groups in total. The molecule has 2 heterocycles. The molecule has 2 aromatic carbocycles. The maximum absolute atomic E-state index is 10.8. The van der Waals surface area contributed by atoms with Crippen LogP contribution < -0.4 is 4.74 Å². The Morgan fingerprint density at radius 2 is 2.03 bits per heavy atom. The van der Waals surface area contributed by atoms with E-state index in [1.54, 1.807) is 6.20 Å². The topological polar surface area (TPSA) is 82.2 Å². The summed E-state index contributed by atoms with van der Waals surface area (Å²) in [6, 6.07) is 14.1. The first-order valence-corrected chi connectivity index (χ1v) is 10.9. The van der Waals surface area contributed by atoms with Crippen molar-refractivity contribution in [3.63, 3.8) is 0 Å². The summed E-state index contributed by atoms with van der Waals surface area (Å²) >= 11 is 0. The summed E-state index contributed by atoms with van der Waals surface area (Å²) in [5.41, 5.74) is 6.93. The van der Waals surface area contributed by atoms with Gasteiger partial charge in [-0.05, 0) is 47.2 Å². The Hall–Kier alpha value is -4.13. The molecule has 7 heteroatoms. The molecule has 0 amide bonds. The third kappa shape index (κ3) is 4.72. The fraction of sp³-hybridized carbons (Fsp3) is 0.192. The SMILES string of the molecule is O=C(O)COc1cccc2c1CCC(Cn1cc(Cc3ccccc3-n3ccnc3)cn1)=C2. The molecular formula is C26H24N4O3. The fourth-order valence-corrected chi connectivity index (χ4v) is 4.29. The molecule has 0 fully saturated rings. The number of hydrogen-bond donors (Lipinski definition) is 1. The zero-order valence-corrected chi connectivity index (χ0v) is 18.1. The van der Waals surface area contributed by atoms with Crippen LogP contribution in [-0.2, 0) is 24.2 Å². The second kappa shape index (κ2) is 9.16. The molecule has 166 valence electrons. The van der Waals surface area contributed by atoms with Gasteiger partial charge in [-0.25, -0.2) is 9.78 Å². The van der Waals surface area contributed by atoms with Crippen molar-refractivity contribution in [1.82, 2.24) is 19.3 Å². The van der Waals surface area contributed by atoms with E-state index in [1.165, 1.54) is 11.1 Å². The molecule has 2 aromatic heterocycles. The summed E-state index contributed by atoms with van der Waals surface area (Å²) in [5.74, 6) is -0.315. The summed E-state index contributed by atoms with van der Waals surface area (Å²) in [7, 11) is 0. The summed E-state index contributed by atoms with van der Waals surface area (Å²) in [5, 5.41) is 13.5. The normalized spacial score (nSPS) is 12.8. The smallest absolute Gasteiger partial charge is 0.341 e. The number of nitrogens with zero attached hydrogens (tertiary/aromatic N) is 4. The van der Waals surface area contributed by atoms with Crippen LogP contribution in [0.25, 0.3) is 11.8 Å². The molecule has 4 aromatic rings. The third-order valence-corrected chi connectivity index (χ3v) is 5.80. The van der Waals surface area contributed by atoms with Gasteiger partial charge in [0.25, 0.3) is 0 Å². The number of fused-ring (bicyclic) bond motifs is 1. The van der Waals surface area contributed by atoms with Crippen molar-refractivity contribution < 1.29 is 14.6 Å². The van der Waals surface area contributed by atoms with E-state index in [0.29, 0.717) is 5.75 Å². The van der Waals surface area contributed by atoms with E-state index in [4.69, 9.17) is 9.84 Å². The van der Waals surface area contributed by atoms with E-state index in [9.17, 15) is 4.79 Å². The summed E-state index contributed by atoms with van der Waals surface area (Å²) in [6.45, 7) is 0.399.